The molecule has 2 aromatic carbocycles. The molecule has 1 heterocycles. The molecule has 0 unspecified atom stereocenters. The van der Waals surface area contributed by atoms with Gasteiger partial charge < -0.3 is 10.6 Å². The average molecular weight is 424 g/mol. The fraction of sp³-hybridized carbons (Fsp3) is 0.263. The van der Waals surface area contributed by atoms with Crippen LogP contribution in [0.25, 0.3) is 0 Å². The lowest BCUT2D eigenvalue weighted by atomic mass is 10.1. The van der Waals surface area contributed by atoms with Crippen molar-refractivity contribution >= 4 is 39.9 Å². The number of carbonyl (C=O) groups is 2. The van der Waals surface area contributed by atoms with Crippen LogP contribution in [-0.2, 0) is 16.6 Å². The predicted octanol–water partition coefficient (Wildman–Crippen LogP) is 2.63. The first-order valence-corrected chi connectivity index (χ1v) is 10.1. The Labute approximate surface area is 170 Å². The molecule has 0 aromatic heterocycles. The minimum absolute atomic E-state index is 0. The quantitative estimate of drug-likeness (QED) is 0.744. The molecule has 0 saturated heterocycles. The highest BCUT2D eigenvalue weighted by molar-refractivity contribution is 7.90. The van der Waals surface area contributed by atoms with Gasteiger partial charge in [-0.25, -0.2) is 12.7 Å². The van der Waals surface area contributed by atoms with E-state index in [9.17, 15) is 18.0 Å². The van der Waals surface area contributed by atoms with Gasteiger partial charge in [-0.1, -0.05) is 25.1 Å². The maximum Gasteiger partial charge on any atom is 0.268 e. The van der Waals surface area contributed by atoms with Gasteiger partial charge in [-0.15, -0.1) is 12.4 Å². The molecule has 1 aliphatic rings. The molecule has 2 amide bonds. The van der Waals surface area contributed by atoms with Gasteiger partial charge in [0.15, 0.2) is 0 Å². The third-order valence-corrected chi connectivity index (χ3v) is 6.28. The minimum Gasteiger partial charge on any atom is -0.322 e. The highest BCUT2D eigenvalue weighted by atomic mass is 35.5. The summed E-state index contributed by atoms with van der Waals surface area (Å²) in [7, 11) is -3.90. The Morgan fingerprint density at radius 1 is 1.11 bits per heavy atom. The van der Waals surface area contributed by atoms with E-state index >= 15 is 0 Å². The van der Waals surface area contributed by atoms with Gasteiger partial charge >= 0.3 is 0 Å². The summed E-state index contributed by atoms with van der Waals surface area (Å²) in [6.07, 6.45) is 0. The van der Waals surface area contributed by atoms with E-state index in [1.807, 2.05) is 25.1 Å². The van der Waals surface area contributed by atoms with Gasteiger partial charge in [-0.3, -0.25) is 9.59 Å². The monoisotopic (exact) mass is 423 g/mol. The summed E-state index contributed by atoms with van der Waals surface area (Å²) in [5.41, 5.74) is 1.86. The number of anilines is 1. The van der Waals surface area contributed by atoms with Crippen LogP contribution in [-0.4, -0.2) is 37.6 Å². The van der Waals surface area contributed by atoms with Crippen molar-refractivity contribution in [2.24, 2.45) is 0 Å². The molecule has 0 bridgehead atoms. The van der Waals surface area contributed by atoms with Gasteiger partial charge in [0.05, 0.1) is 5.56 Å². The summed E-state index contributed by atoms with van der Waals surface area (Å²) in [5.74, 6) is -0.991. The van der Waals surface area contributed by atoms with E-state index < -0.39 is 21.8 Å². The summed E-state index contributed by atoms with van der Waals surface area (Å²) >= 11 is 0. The number of nitrogens with one attached hydrogen (secondary N) is 2. The number of nitrogens with zero attached hydrogens (tertiary/aromatic N) is 1. The summed E-state index contributed by atoms with van der Waals surface area (Å²) in [4.78, 5) is 24.7. The number of fused-ring (bicyclic) bond motifs is 1. The van der Waals surface area contributed by atoms with E-state index in [4.69, 9.17) is 0 Å². The molecule has 2 aromatic rings. The molecule has 28 heavy (non-hydrogen) atoms. The van der Waals surface area contributed by atoms with Crippen molar-refractivity contribution in [2.45, 2.75) is 25.3 Å². The first-order chi connectivity index (χ1) is 12.9. The second kappa shape index (κ2) is 8.72. The zero-order chi connectivity index (χ0) is 19.6. The Morgan fingerprint density at radius 2 is 1.82 bits per heavy atom. The van der Waals surface area contributed by atoms with E-state index in [1.54, 1.807) is 13.0 Å². The van der Waals surface area contributed by atoms with Crippen LogP contribution in [0, 0.1) is 0 Å². The van der Waals surface area contributed by atoms with Crippen molar-refractivity contribution in [3.05, 3.63) is 59.2 Å². The third-order valence-electron chi connectivity index (χ3n) is 4.39. The maximum atomic E-state index is 12.7. The SMILES string of the molecule is CCNCc1ccccc1NC(=O)c1ccc2c(c1)S(=O)(=O)N(CC)C2=O.Cl. The van der Waals surface area contributed by atoms with E-state index in [1.165, 1.54) is 18.2 Å². The Bertz CT molecular complexity index is 1010. The number of para-hydroxylation sites is 1. The number of rotatable bonds is 6. The number of hydrogen-bond donors (Lipinski definition) is 2. The fourth-order valence-electron chi connectivity index (χ4n) is 2.98. The van der Waals surface area contributed by atoms with Crippen LogP contribution in [0.15, 0.2) is 47.4 Å². The third kappa shape index (κ3) is 3.89. The van der Waals surface area contributed by atoms with Gasteiger partial charge in [0.25, 0.3) is 21.8 Å². The standard InChI is InChI=1S/C19H21N3O4S.ClH/c1-3-20-12-14-7-5-6-8-16(14)21-18(23)13-9-10-15-17(11-13)27(25,26)22(4-2)19(15)24;/h5-11,20H,3-4,12H2,1-2H3,(H,21,23);1H. The molecule has 1 aliphatic heterocycles. The van der Waals surface area contributed by atoms with Crippen LogP contribution in [0.4, 0.5) is 5.69 Å². The molecular formula is C19H22ClN3O4S. The van der Waals surface area contributed by atoms with Gasteiger partial charge in [0.1, 0.15) is 4.90 Å². The van der Waals surface area contributed by atoms with Crippen LogP contribution in [0.3, 0.4) is 0 Å². The largest absolute Gasteiger partial charge is 0.322 e. The van der Waals surface area contributed by atoms with Gasteiger partial charge in [-0.05, 0) is 43.3 Å². The maximum absolute atomic E-state index is 12.7. The molecule has 7 nitrogen and oxygen atoms in total. The number of benzene rings is 2. The number of sulfonamides is 1. The van der Waals surface area contributed by atoms with Crippen LogP contribution in [0.2, 0.25) is 0 Å². The Hall–Kier alpha value is -2.42. The molecule has 0 atom stereocenters. The molecule has 0 fully saturated rings. The summed E-state index contributed by atoms with van der Waals surface area (Å²) in [5, 5.41) is 6.02. The lowest BCUT2D eigenvalue weighted by Crippen LogP contribution is -2.29. The topological polar surface area (TPSA) is 95.6 Å². The van der Waals surface area contributed by atoms with Crippen molar-refractivity contribution in [1.82, 2.24) is 9.62 Å². The van der Waals surface area contributed by atoms with Crippen LogP contribution in [0.5, 0.6) is 0 Å². The predicted molar refractivity (Wildman–Crippen MR) is 109 cm³/mol. The normalized spacial score (nSPS) is 14.4. The summed E-state index contributed by atoms with van der Waals surface area (Å²) in [6, 6.07) is 11.5. The van der Waals surface area contributed by atoms with Crippen molar-refractivity contribution in [1.29, 1.82) is 0 Å². The van der Waals surface area contributed by atoms with Gasteiger partial charge in [-0.2, -0.15) is 0 Å². The number of halogens is 1. The molecule has 0 aliphatic carbocycles. The van der Waals surface area contributed by atoms with E-state index in [0.29, 0.717) is 12.2 Å². The van der Waals surface area contributed by atoms with Crippen LogP contribution < -0.4 is 10.6 Å². The second-order valence-electron chi connectivity index (χ2n) is 6.08. The lowest BCUT2D eigenvalue weighted by Gasteiger charge is -2.12. The Kier molecular flexibility index (Phi) is 6.82. The van der Waals surface area contributed by atoms with Crippen LogP contribution >= 0.6 is 12.4 Å². The second-order valence-corrected chi connectivity index (χ2v) is 7.91. The van der Waals surface area contributed by atoms with Gasteiger partial charge in [0.2, 0.25) is 0 Å². The smallest absolute Gasteiger partial charge is 0.268 e. The molecule has 0 radical (unpaired) electrons. The van der Waals surface area contributed by atoms with E-state index in [-0.39, 0.29) is 35.0 Å². The molecular weight excluding hydrogens is 402 g/mol. The summed E-state index contributed by atoms with van der Waals surface area (Å²) < 4.78 is 25.8. The Morgan fingerprint density at radius 3 is 2.50 bits per heavy atom. The highest BCUT2D eigenvalue weighted by Crippen LogP contribution is 2.31. The molecule has 3 rings (SSSR count). The first-order valence-electron chi connectivity index (χ1n) is 8.71. The van der Waals surface area contributed by atoms with Crippen LogP contribution in [0.1, 0.15) is 40.1 Å². The highest BCUT2D eigenvalue weighted by Gasteiger charge is 2.40. The molecule has 2 N–H and O–H groups in total. The fourth-order valence-corrected chi connectivity index (χ4v) is 4.58. The van der Waals surface area contributed by atoms with Crippen molar-refractivity contribution in [2.75, 3.05) is 18.4 Å². The van der Waals surface area contributed by atoms with E-state index in [2.05, 4.69) is 10.6 Å². The number of carbonyl (C=O) groups excluding carboxylic acids is 2. The van der Waals surface area contributed by atoms with Crippen molar-refractivity contribution in [3.8, 4) is 0 Å². The number of hydrogen-bond acceptors (Lipinski definition) is 5. The molecule has 9 heteroatoms. The van der Waals surface area contributed by atoms with E-state index in [0.717, 1.165) is 16.4 Å². The Balaban J connectivity index is 0.00000280. The summed E-state index contributed by atoms with van der Waals surface area (Å²) in [6.45, 7) is 5.04. The van der Waals surface area contributed by atoms with Crippen molar-refractivity contribution < 1.29 is 18.0 Å². The van der Waals surface area contributed by atoms with Gasteiger partial charge in [0, 0.05) is 24.3 Å². The first kappa shape index (κ1) is 21.9. The average Bonchev–Trinajstić information content (AvgIpc) is 2.86. The number of amides is 2. The van der Waals surface area contributed by atoms with Crippen molar-refractivity contribution in [3.63, 3.8) is 0 Å². The zero-order valence-electron chi connectivity index (χ0n) is 15.6. The lowest BCUT2D eigenvalue weighted by molar-refractivity contribution is 0.0875. The molecule has 0 saturated carbocycles. The minimum atomic E-state index is -3.90. The zero-order valence-corrected chi connectivity index (χ0v) is 17.2. The molecule has 0 spiro atoms. The molecule has 150 valence electrons.